The zero-order chi connectivity index (χ0) is 18.2. The number of benzene rings is 1. The second kappa shape index (κ2) is 5.80. The second-order valence-electron chi connectivity index (χ2n) is 6.02. The summed E-state index contributed by atoms with van der Waals surface area (Å²) in [5.41, 5.74) is -0.882. The Morgan fingerprint density at radius 2 is 2.00 bits per heavy atom. The summed E-state index contributed by atoms with van der Waals surface area (Å²) >= 11 is 0. The molecule has 0 saturated carbocycles. The first kappa shape index (κ1) is 17.2. The van der Waals surface area contributed by atoms with Gasteiger partial charge in [0.15, 0.2) is 5.82 Å². The molecule has 0 saturated heterocycles. The molecule has 1 aromatic heterocycles. The van der Waals surface area contributed by atoms with Gasteiger partial charge in [0.1, 0.15) is 5.60 Å². The Morgan fingerprint density at radius 1 is 1.38 bits per heavy atom. The van der Waals surface area contributed by atoms with Crippen LogP contribution < -0.4 is 4.90 Å². The number of nitro benzene ring substituents is 1. The van der Waals surface area contributed by atoms with Crippen molar-refractivity contribution in [2.45, 2.75) is 26.4 Å². The van der Waals surface area contributed by atoms with Crippen LogP contribution in [0, 0.1) is 10.1 Å². The number of non-ortho nitro benzene ring substituents is 1. The normalized spacial score (nSPS) is 11.3. The molecule has 2 aromatic rings. The number of fused-ring (bicyclic) bond motifs is 1. The maximum absolute atomic E-state index is 12.2. The molecule has 0 unspecified atom stereocenters. The molecule has 1 heterocycles. The van der Waals surface area contributed by atoms with Gasteiger partial charge in [-0.05, 0) is 26.8 Å². The molecule has 24 heavy (non-hydrogen) atoms. The van der Waals surface area contributed by atoms with Gasteiger partial charge in [0, 0.05) is 19.2 Å². The Kier molecular flexibility index (Phi) is 4.15. The number of ether oxygens (including phenoxy) is 1. The van der Waals surface area contributed by atoms with E-state index in [9.17, 15) is 24.8 Å². The zero-order valence-corrected chi connectivity index (χ0v) is 13.5. The summed E-state index contributed by atoms with van der Waals surface area (Å²) in [7, 11) is 1.35. The van der Waals surface area contributed by atoms with Crippen molar-refractivity contribution in [1.82, 2.24) is 9.78 Å². The van der Waals surface area contributed by atoms with Crippen molar-refractivity contribution in [3.63, 3.8) is 0 Å². The predicted molar refractivity (Wildman–Crippen MR) is 84.4 cm³/mol. The molecule has 2 rings (SSSR count). The summed E-state index contributed by atoms with van der Waals surface area (Å²) in [5.74, 6) is -0.0506. The minimum Gasteiger partial charge on any atom is -0.463 e. The minimum absolute atomic E-state index is 0.0506. The van der Waals surface area contributed by atoms with Crippen LogP contribution >= 0.6 is 0 Å². The summed E-state index contributed by atoms with van der Waals surface area (Å²) in [6.45, 7) is 5.03. The van der Waals surface area contributed by atoms with E-state index in [2.05, 4.69) is 5.10 Å². The van der Waals surface area contributed by atoms with Crippen molar-refractivity contribution in [2.24, 2.45) is 0 Å². The van der Waals surface area contributed by atoms with Crippen LogP contribution in [-0.4, -0.2) is 44.6 Å². The molecule has 0 spiro atoms. The largest absolute Gasteiger partial charge is 0.463 e. The highest BCUT2D eigenvalue weighted by molar-refractivity contribution is 6.02. The smallest absolute Gasteiger partial charge is 0.432 e. The van der Waals surface area contributed by atoms with Gasteiger partial charge < -0.3 is 9.84 Å². The Morgan fingerprint density at radius 3 is 2.50 bits per heavy atom. The lowest BCUT2D eigenvalue weighted by Crippen LogP contribution is -2.34. The number of carboxylic acid groups (broad SMARTS) is 1. The second-order valence-corrected chi connectivity index (χ2v) is 6.02. The monoisotopic (exact) mass is 336 g/mol. The maximum Gasteiger partial charge on any atom is 0.432 e. The molecule has 1 amide bonds. The number of anilines is 1. The lowest BCUT2D eigenvalue weighted by atomic mass is 10.2. The molecule has 128 valence electrons. The molecule has 0 aliphatic carbocycles. The van der Waals surface area contributed by atoms with E-state index >= 15 is 0 Å². The molecular weight excluding hydrogens is 320 g/mol. The summed E-state index contributed by atoms with van der Waals surface area (Å²) < 4.78 is 5.85. The molecule has 0 atom stereocenters. The van der Waals surface area contributed by atoms with Crippen molar-refractivity contribution in [3.05, 3.63) is 28.3 Å². The summed E-state index contributed by atoms with van der Waals surface area (Å²) in [6, 6.07) is 3.60. The zero-order valence-electron chi connectivity index (χ0n) is 13.5. The van der Waals surface area contributed by atoms with Gasteiger partial charge >= 0.3 is 12.2 Å². The molecule has 0 aliphatic heterocycles. The molecule has 0 fully saturated rings. The number of hydrogen-bond acceptors (Lipinski definition) is 6. The summed E-state index contributed by atoms with van der Waals surface area (Å²) in [5, 5.41) is 24.2. The number of amides is 1. The van der Waals surface area contributed by atoms with Gasteiger partial charge in [-0.15, -0.1) is 5.10 Å². The van der Waals surface area contributed by atoms with E-state index in [1.54, 1.807) is 20.8 Å². The van der Waals surface area contributed by atoms with Crippen molar-refractivity contribution in [3.8, 4) is 0 Å². The van der Waals surface area contributed by atoms with Crippen molar-refractivity contribution >= 4 is 34.6 Å². The standard InChI is InChI=1S/C14H16N4O6/c1-14(2,3)24-13(21)16(4)11-9-7-8(18(22)23)5-6-10(9)17(15-11)12(19)20/h5-7H,1-4H3,(H,19,20). The summed E-state index contributed by atoms with van der Waals surface area (Å²) in [6.07, 6.45) is -2.14. The molecule has 10 nitrogen and oxygen atoms in total. The van der Waals surface area contributed by atoms with E-state index in [0.29, 0.717) is 4.68 Å². The maximum atomic E-state index is 12.2. The van der Waals surface area contributed by atoms with E-state index in [1.165, 1.54) is 19.2 Å². The number of carbonyl (C=O) groups excluding carboxylic acids is 1. The van der Waals surface area contributed by atoms with Crippen molar-refractivity contribution in [2.75, 3.05) is 11.9 Å². The average molecular weight is 336 g/mol. The fourth-order valence-corrected chi connectivity index (χ4v) is 2.01. The lowest BCUT2D eigenvalue weighted by Gasteiger charge is -2.23. The number of rotatable bonds is 2. The Hall–Kier alpha value is -3.17. The van der Waals surface area contributed by atoms with Crippen LogP contribution in [-0.2, 0) is 4.74 Å². The van der Waals surface area contributed by atoms with Gasteiger partial charge in [-0.3, -0.25) is 15.0 Å². The first-order valence-corrected chi connectivity index (χ1v) is 6.88. The molecule has 10 heteroatoms. The molecule has 1 aromatic carbocycles. The van der Waals surface area contributed by atoms with Gasteiger partial charge in [-0.1, -0.05) is 0 Å². The van der Waals surface area contributed by atoms with Crippen LogP contribution in [0.1, 0.15) is 20.8 Å². The van der Waals surface area contributed by atoms with Gasteiger partial charge in [0.25, 0.3) is 5.69 Å². The fourth-order valence-electron chi connectivity index (χ4n) is 2.01. The number of nitrogens with zero attached hydrogens (tertiary/aromatic N) is 4. The third-order valence-corrected chi connectivity index (χ3v) is 3.02. The number of aromatic nitrogens is 2. The van der Waals surface area contributed by atoms with Gasteiger partial charge in [-0.2, -0.15) is 4.68 Å². The van der Waals surface area contributed by atoms with Gasteiger partial charge in [0.05, 0.1) is 15.8 Å². The molecule has 0 radical (unpaired) electrons. The number of carbonyl (C=O) groups is 2. The van der Waals surface area contributed by atoms with E-state index in [0.717, 1.165) is 11.0 Å². The van der Waals surface area contributed by atoms with Crippen molar-refractivity contribution in [1.29, 1.82) is 0 Å². The van der Waals surface area contributed by atoms with Crippen molar-refractivity contribution < 1.29 is 24.4 Å². The molecule has 0 bridgehead atoms. The van der Waals surface area contributed by atoms with E-state index in [1.807, 2.05) is 0 Å². The minimum atomic E-state index is -1.38. The van der Waals surface area contributed by atoms with Gasteiger partial charge in [0.2, 0.25) is 0 Å². The average Bonchev–Trinajstić information content (AvgIpc) is 2.83. The molecular formula is C14H16N4O6. The number of nitro groups is 1. The first-order valence-electron chi connectivity index (χ1n) is 6.88. The van der Waals surface area contributed by atoms with Crippen LogP contribution in [0.2, 0.25) is 0 Å². The van der Waals surface area contributed by atoms with E-state index in [-0.39, 0.29) is 22.4 Å². The summed E-state index contributed by atoms with van der Waals surface area (Å²) in [4.78, 5) is 34.8. The fraction of sp³-hybridized carbons (Fsp3) is 0.357. The van der Waals surface area contributed by atoms with Crippen LogP contribution in [0.5, 0.6) is 0 Å². The quantitative estimate of drug-likeness (QED) is 0.659. The van der Waals surface area contributed by atoms with Gasteiger partial charge in [-0.25, -0.2) is 9.59 Å². The van der Waals surface area contributed by atoms with Crippen LogP contribution in [0.25, 0.3) is 10.9 Å². The van der Waals surface area contributed by atoms with E-state index < -0.39 is 22.7 Å². The third kappa shape index (κ3) is 3.26. The first-order chi connectivity index (χ1) is 11.0. The van der Waals surface area contributed by atoms with Crippen LogP contribution in [0.4, 0.5) is 21.1 Å². The molecule has 1 N–H and O–H groups in total. The highest BCUT2D eigenvalue weighted by Gasteiger charge is 2.26. The Bertz CT molecular complexity index is 836. The van der Waals surface area contributed by atoms with Crippen LogP contribution in [0.15, 0.2) is 18.2 Å². The topological polar surface area (TPSA) is 128 Å². The SMILES string of the molecule is CN(C(=O)OC(C)(C)C)c1nn(C(=O)O)c2ccc([N+](=O)[O-])cc12. The Balaban J connectivity index is 2.59. The number of hydrogen-bond donors (Lipinski definition) is 1. The highest BCUT2D eigenvalue weighted by atomic mass is 16.6. The predicted octanol–water partition coefficient (Wildman–Crippen LogP) is 2.84. The third-order valence-electron chi connectivity index (χ3n) is 3.02. The van der Waals surface area contributed by atoms with Crippen LogP contribution in [0.3, 0.4) is 0 Å². The molecule has 0 aliphatic rings. The lowest BCUT2D eigenvalue weighted by molar-refractivity contribution is -0.384. The Labute approximate surface area is 136 Å². The highest BCUT2D eigenvalue weighted by Crippen LogP contribution is 2.30. The van der Waals surface area contributed by atoms with E-state index in [4.69, 9.17) is 4.74 Å².